The summed E-state index contributed by atoms with van der Waals surface area (Å²) in [5.74, 6) is 3.37. The molecule has 0 aliphatic heterocycles. The van der Waals surface area contributed by atoms with Gasteiger partial charge in [0.1, 0.15) is 0 Å². The van der Waals surface area contributed by atoms with E-state index in [0.29, 0.717) is 17.8 Å². The summed E-state index contributed by atoms with van der Waals surface area (Å²) in [6.07, 6.45) is 0. The number of rotatable bonds is 6. The molecular weight excluding hydrogens is 931 g/mol. The minimum absolute atomic E-state index is 0.566. The van der Waals surface area contributed by atoms with Crippen molar-refractivity contribution in [2.45, 2.75) is 27.7 Å². The van der Waals surface area contributed by atoms with Gasteiger partial charge in [-0.15, -0.1) is 10.2 Å². The Kier molecular flexibility index (Phi) is 12.7. The molecule has 5 heterocycles. The zero-order valence-corrected chi connectivity index (χ0v) is 42.7. The molecule has 76 heavy (non-hydrogen) atoms. The molecule has 0 aliphatic carbocycles. The van der Waals surface area contributed by atoms with Crippen molar-refractivity contribution in [3.8, 4) is 46.3 Å². The summed E-state index contributed by atoms with van der Waals surface area (Å²) >= 11 is 0. The summed E-state index contributed by atoms with van der Waals surface area (Å²) in [5, 5.41) is 18.4. The van der Waals surface area contributed by atoms with Crippen molar-refractivity contribution < 1.29 is 0 Å². The normalized spacial score (nSPS) is 11.2. The van der Waals surface area contributed by atoms with E-state index in [9.17, 15) is 0 Å². The summed E-state index contributed by atoms with van der Waals surface area (Å²) in [4.78, 5) is 15.8. The molecule has 0 unspecified atom stereocenters. The van der Waals surface area contributed by atoms with E-state index in [2.05, 4.69) is 241 Å². The minimum Gasteiger partial charge on any atom is -0.278 e. The lowest BCUT2D eigenvalue weighted by atomic mass is 10.1. The molecule has 0 bridgehead atoms. The summed E-state index contributed by atoms with van der Waals surface area (Å²) in [7, 11) is 0. The molecule has 15 aromatic rings. The van der Waals surface area contributed by atoms with Crippen LogP contribution in [0.3, 0.4) is 0 Å². The molecule has 0 spiro atoms. The molecule has 0 atom stereocenters. The van der Waals surface area contributed by atoms with Gasteiger partial charge in [0.2, 0.25) is 17.8 Å². The topological polar surface area (TPSA) is 84.2 Å². The summed E-state index contributed by atoms with van der Waals surface area (Å²) in [6.45, 7) is 8.00. The fraction of sp³-hybridized carbons (Fsp3) is 0.0597. The van der Waals surface area contributed by atoms with Crippen LogP contribution in [0, 0.1) is 0 Å². The van der Waals surface area contributed by atoms with Crippen LogP contribution >= 0.6 is 0 Å². The van der Waals surface area contributed by atoms with Crippen LogP contribution in [0.4, 0.5) is 0 Å². The predicted molar refractivity (Wildman–Crippen MR) is 315 cm³/mol. The molecule has 0 N–H and O–H groups in total. The molecular formula is C67H53N9. The monoisotopic (exact) mass is 983 g/mol. The number of para-hydroxylation sites is 6. The van der Waals surface area contributed by atoms with Crippen molar-refractivity contribution in [3.05, 3.63) is 249 Å². The molecule has 9 heteroatoms. The molecule has 0 fully saturated rings. The molecule has 0 radical (unpaired) electrons. The zero-order valence-electron chi connectivity index (χ0n) is 42.7. The summed E-state index contributed by atoms with van der Waals surface area (Å²) in [6, 6.07) is 85.9. The van der Waals surface area contributed by atoms with Crippen molar-refractivity contribution in [1.29, 1.82) is 0 Å². The third-order valence-corrected chi connectivity index (χ3v) is 13.7. The van der Waals surface area contributed by atoms with E-state index in [0.717, 1.165) is 93.9 Å². The second-order valence-corrected chi connectivity index (χ2v) is 17.8. The van der Waals surface area contributed by atoms with E-state index >= 15 is 0 Å². The highest BCUT2D eigenvalue weighted by Crippen LogP contribution is 2.37. The fourth-order valence-corrected chi connectivity index (χ4v) is 10.5. The van der Waals surface area contributed by atoms with Gasteiger partial charge < -0.3 is 0 Å². The summed E-state index contributed by atoms with van der Waals surface area (Å²) in [5.41, 5.74) is 9.45. The summed E-state index contributed by atoms with van der Waals surface area (Å²) < 4.78 is 8.66. The Balaban J connectivity index is 0.000000161. The van der Waals surface area contributed by atoms with Gasteiger partial charge >= 0.3 is 0 Å². The average Bonchev–Trinajstić information content (AvgIpc) is 4.29. The Bertz CT molecular complexity index is 3990. The highest BCUT2D eigenvalue weighted by molar-refractivity contribution is 6.11. The van der Waals surface area contributed by atoms with Gasteiger partial charge in [0, 0.05) is 48.8 Å². The van der Waals surface area contributed by atoms with Crippen LogP contribution in [0.5, 0.6) is 0 Å². The van der Waals surface area contributed by atoms with Crippen molar-refractivity contribution in [2.75, 3.05) is 0 Å². The van der Waals surface area contributed by atoms with E-state index < -0.39 is 0 Å². The van der Waals surface area contributed by atoms with Crippen LogP contribution in [0.1, 0.15) is 27.7 Å². The highest BCUT2D eigenvalue weighted by Gasteiger charge is 2.23. The van der Waals surface area contributed by atoms with Gasteiger partial charge in [0.25, 0.3) is 0 Å². The Morgan fingerprint density at radius 1 is 0.237 bits per heavy atom. The smallest absolute Gasteiger partial charge is 0.241 e. The maximum absolute atomic E-state index is 5.28. The van der Waals surface area contributed by atoms with Gasteiger partial charge in [-0.1, -0.05) is 234 Å². The van der Waals surface area contributed by atoms with E-state index in [1.807, 2.05) is 64.1 Å². The van der Waals surface area contributed by atoms with Gasteiger partial charge in [0.05, 0.1) is 38.8 Å². The highest BCUT2D eigenvalue weighted by atomic mass is 15.3. The minimum atomic E-state index is 0.566. The Hall–Kier alpha value is -9.99. The van der Waals surface area contributed by atoms with Crippen molar-refractivity contribution in [3.63, 3.8) is 0 Å². The zero-order chi connectivity index (χ0) is 51.5. The number of hydrogen-bond acceptors (Lipinski definition) is 5. The number of fused-ring (bicyclic) bond motifs is 10. The average molecular weight is 984 g/mol. The second kappa shape index (κ2) is 20.5. The van der Waals surface area contributed by atoms with Gasteiger partial charge in [-0.3, -0.25) is 18.3 Å². The first-order valence-corrected chi connectivity index (χ1v) is 26.0. The lowest BCUT2D eigenvalue weighted by Gasteiger charge is -2.14. The molecule has 0 saturated heterocycles. The van der Waals surface area contributed by atoms with E-state index in [4.69, 9.17) is 15.0 Å². The van der Waals surface area contributed by atoms with Gasteiger partial charge in [-0.25, -0.2) is 0 Å². The van der Waals surface area contributed by atoms with Crippen LogP contribution in [-0.4, -0.2) is 43.4 Å². The molecule has 0 aliphatic rings. The third kappa shape index (κ3) is 8.02. The first-order chi connectivity index (χ1) is 37.8. The maximum atomic E-state index is 5.28. The first kappa shape index (κ1) is 47.0. The Labute approximate surface area is 440 Å². The molecule has 9 nitrogen and oxygen atoms in total. The van der Waals surface area contributed by atoms with Crippen LogP contribution < -0.4 is 0 Å². The van der Waals surface area contributed by atoms with E-state index in [-0.39, 0.29) is 0 Å². The predicted octanol–water partition coefficient (Wildman–Crippen LogP) is 17.0. The van der Waals surface area contributed by atoms with Crippen LogP contribution in [0.15, 0.2) is 249 Å². The second-order valence-electron chi connectivity index (χ2n) is 17.8. The first-order valence-electron chi connectivity index (χ1n) is 26.0. The number of aromatic nitrogens is 9. The lowest BCUT2D eigenvalue weighted by molar-refractivity contribution is 0.848. The maximum Gasteiger partial charge on any atom is 0.241 e. The molecule has 366 valence electrons. The van der Waals surface area contributed by atoms with Crippen molar-refractivity contribution in [1.82, 2.24) is 43.4 Å². The van der Waals surface area contributed by atoms with Gasteiger partial charge in [0.15, 0.2) is 11.6 Å². The quantitative estimate of drug-likeness (QED) is 0.166. The van der Waals surface area contributed by atoms with Crippen molar-refractivity contribution >= 4 is 76.2 Å². The molecule has 5 aromatic heterocycles. The number of nitrogens with zero attached hydrogens (tertiary/aromatic N) is 9. The van der Waals surface area contributed by atoms with Crippen LogP contribution in [-0.2, 0) is 0 Å². The van der Waals surface area contributed by atoms with E-state index in [1.165, 1.54) is 10.8 Å². The largest absolute Gasteiger partial charge is 0.278 e. The fourth-order valence-electron chi connectivity index (χ4n) is 10.5. The van der Waals surface area contributed by atoms with Gasteiger partial charge in [-0.05, 0) is 47.9 Å². The third-order valence-electron chi connectivity index (χ3n) is 13.7. The van der Waals surface area contributed by atoms with Crippen LogP contribution in [0.25, 0.3) is 122 Å². The molecule has 10 aromatic carbocycles. The Morgan fingerprint density at radius 2 is 0.500 bits per heavy atom. The van der Waals surface area contributed by atoms with Crippen LogP contribution in [0.2, 0.25) is 0 Å². The standard InChI is InChI=1S/C39H24N6.C24H17N3.2C2H6/c1-7-19-31-25(13-1)26-14-2-8-20-32(26)43(31)37-40-38(44-33-21-9-3-15-27(33)28-16-4-10-22-34(28)44)42-39(41-37)45-35-23-11-5-17-29(35)30-18-6-12-24-36(30)45;1-3-11-19(12-4-1)23-25-26-24(20-13-5-2-6-14-20)27(23)22-17-9-15-18-10-7-8-16-21(18)22;2*1-2/h1-24H;1-17H;2*1-2H3. The SMILES string of the molecule is CC.CC.c1ccc(-c2nnc(-c3ccccc3)n2-c2cccc3ccccc23)cc1.c1ccc2c(c1)c1ccccc1n2-c1nc(-n2c3ccccc3c3ccccc32)nc(-n2c3ccccc3c3ccccc32)n1. The molecule has 0 saturated carbocycles. The van der Waals surface area contributed by atoms with Gasteiger partial charge in [-0.2, -0.15) is 15.0 Å². The Morgan fingerprint density at radius 3 is 0.829 bits per heavy atom. The molecule has 0 amide bonds. The molecule has 15 rings (SSSR count). The lowest BCUT2D eigenvalue weighted by Crippen LogP contribution is -2.13. The number of hydrogen-bond donors (Lipinski definition) is 0. The number of benzene rings is 10. The van der Waals surface area contributed by atoms with E-state index in [1.54, 1.807) is 0 Å². The van der Waals surface area contributed by atoms with Crippen molar-refractivity contribution in [2.24, 2.45) is 0 Å².